The second-order valence-electron chi connectivity index (χ2n) is 17.9. The van der Waals surface area contributed by atoms with Crippen LogP contribution in [0.25, 0.3) is 0 Å². The number of allylic oxidation sites excluding steroid dienone is 23. The van der Waals surface area contributed by atoms with Gasteiger partial charge in [-0.25, -0.2) is 0 Å². The molecule has 1 fully saturated rings. The van der Waals surface area contributed by atoms with E-state index in [2.05, 4.69) is 153 Å². The van der Waals surface area contributed by atoms with Crippen molar-refractivity contribution in [3.63, 3.8) is 0 Å². The summed E-state index contributed by atoms with van der Waals surface area (Å²) in [7, 11) is 0. The van der Waals surface area contributed by atoms with Crippen LogP contribution in [0, 0.1) is 0 Å². The maximum atomic E-state index is 13.0. The summed E-state index contributed by atoms with van der Waals surface area (Å²) in [5, 5.41) is 54.2. The van der Waals surface area contributed by atoms with Crippen LogP contribution in [0.15, 0.2) is 146 Å². The van der Waals surface area contributed by atoms with E-state index >= 15 is 0 Å². The van der Waals surface area contributed by atoms with E-state index in [1.807, 2.05) is 6.08 Å². The van der Waals surface area contributed by atoms with E-state index in [9.17, 15) is 30.3 Å². The van der Waals surface area contributed by atoms with Gasteiger partial charge < -0.3 is 40.3 Å². The topological polar surface area (TPSA) is 149 Å². The molecule has 7 atom stereocenters. The van der Waals surface area contributed by atoms with Crippen LogP contribution in [0.5, 0.6) is 0 Å². The van der Waals surface area contributed by atoms with Crippen molar-refractivity contribution in [2.24, 2.45) is 0 Å². The van der Waals surface area contributed by atoms with Crippen molar-refractivity contribution in [1.82, 2.24) is 5.32 Å². The minimum absolute atomic E-state index is 0.220. The van der Waals surface area contributed by atoms with Gasteiger partial charge in [0.05, 0.1) is 25.4 Å². The lowest BCUT2D eigenvalue weighted by atomic mass is 9.99. The number of unbranched alkanes of at least 4 members (excludes halogenated alkanes) is 11. The normalized spacial score (nSPS) is 20.6. The Morgan fingerprint density at radius 2 is 0.900 bits per heavy atom. The van der Waals surface area contributed by atoms with Crippen LogP contribution in [0.2, 0.25) is 0 Å². The molecule has 394 valence electrons. The first-order chi connectivity index (χ1) is 34.3. The zero-order valence-corrected chi connectivity index (χ0v) is 43.5. The molecule has 1 rings (SSSR count). The molecule has 0 aromatic rings. The highest BCUT2D eigenvalue weighted by Gasteiger charge is 2.44. The Bertz CT molecular complexity index is 1600. The van der Waals surface area contributed by atoms with Crippen molar-refractivity contribution in [2.75, 3.05) is 13.2 Å². The zero-order chi connectivity index (χ0) is 50.8. The monoisotopic (exact) mass is 972 g/mol. The molecule has 0 radical (unpaired) electrons. The number of carbonyl (C=O) groups is 1. The molecule has 0 aliphatic carbocycles. The van der Waals surface area contributed by atoms with Crippen molar-refractivity contribution in [3.05, 3.63) is 146 Å². The lowest BCUT2D eigenvalue weighted by Gasteiger charge is -2.40. The molecule has 9 heteroatoms. The van der Waals surface area contributed by atoms with Crippen molar-refractivity contribution in [2.45, 2.75) is 217 Å². The minimum Gasteiger partial charge on any atom is -0.394 e. The summed E-state index contributed by atoms with van der Waals surface area (Å²) < 4.78 is 11.2. The van der Waals surface area contributed by atoms with Crippen molar-refractivity contribution in [3.8, 4) is 0 Å². The smallest absolute Gasteiger partial charge is 0.220 e. The van der Waals surface area contributed by atoms with Gasteiger partial charge in [-0.1, -0.05) is 205 Å². The van der Waals surface area contributed by atoms with E-state index < -0.39 is 49.5 Å². The SMILES string of the molecule is CC/C=C\C/C=C\C/C=C\C/C=C\C/C=C\C/C=C\C/C=C\C/C=C\C/C=C\C/C=C\CCCCCCC(=O)NC(COC1OC(CO)C(O)C(O)C1O)C(O)/C=C/CC/C=C/CCCCCCCC. The Morgan fingerprint density at radius 3 is 1.37 bits per heavy atom. The molecule has 6 N–H and O–H groups in total. The molecule has 0 bridgehead atoms. The predicted octanol–water partition coefficient (Wildman–Crippen LogP) is 13.1. The van der Waals surface area contributed by atoms with E-state index in [0.29, 0.717) is 12.8 Å². The number of amides is 1. The maximum absolute atomic E-state index is 13.0. The van der Waals surface area contributed by atoms with E-state index in [1.54, 1.807) is 6.08 Å². The first-order valence-electron chi connectivity index (χ1n) is 27.1. The second kappa shape index (κ2) is 48.7. The molecule has 70 heavy (non-hydrogen) atoms. The number of hydrogen-bond donors (Lipinski definition) is 6. The number of aliphatic hydroxyl groups is 5. The van der Waals surface area contributed by atoms with Gasteiger partial charge in [0.2, 0.25) is 5.91 Å². The lowest BCUT2D eigenvalue weighted by Crippen LogP contribution is -2.60. The third kappa shape index (κ3) is 37.8. The molecule has 0 saturated carbocycles. The molecule has 1 aliphatic rings. The van der Waals surface area contributed by atoms with Gasteiger partial charge in [0.1, 0.15) is 24.4 Å². The minimum atomic E-state index is -1.59. The number of hydrogen-bond acceptors (Lipinski definition) is 8. The summed E-state index contributed by atoms with van der Waals surface area (Å²) in [5.41, 5.74) is 0. The zero-order valence-electron chi connectivity index (χ0n) is 43.5. The summed E-state index contributed by atoms with van der Waals surface area (Å²) in [4.78, 5) is 13.0. The molecule has 1 saturated heterocycles. The van der Waals surface area contributed by atoms with Gasteiger partial charge in [-0.2, -0.15) is 0 Å². The molecule has 0 aromatic heterocycles. The third-order valence-electron chi connectivity index (χ3n) is 11.6. The van der Waals surface area contributed by atoms with E-state index in [0.717, 1.165) is 109 Å². The van der Waals surface area contributed by atoms with Crippen LogP contribution >= 0.6 is 0 Å². The fourth-order valence-electron chi connectivity index (χ4n) is 7.37. The fourth-order valence-corrected chi connectivity index (χ4v) is 7.37. The summed E-state index contributed by atoms with van der Waals surface area (Å²) in [6.45, 7) is 3.58. The first-order valence-corrected chi connectivity index (χ1v) is 27.1. The van der Waals surface area contributed by atoms with Crippen LogP contribution < -0.4 is 5.32 Å². The van der Waals surface area contributed by atoms with Gasteiger partial charge in [0.25, 0.3) is 0 Å². The summed E-state index contributed by atoms with van der Waals surface area (Å²) in [5.74, 6) is -0.220. The van der Waals surface area contributed by atoms with E-state index in [4.69, 9.17) is 9.47 Å². The van der Waals surface area contributed by atoms with Crippen LogP contribution in [-0.2, 0) is 14.3 Å². The number of aliphatic hydroxyl groups excluding tert-OH is 5. The molecule has 1 aliphatic heterocycles. The fraction of sp³-hybridized carbons (Fsp3) is 0.590. The van der Waals surface area contributed by atoms with Gasteiger partial charge in [-0.3, -0.25) is 4.79 Å². The Labute approximate surface area is 425 Å². The molecular weight excluding hydrogens is 875 g/mol. The van der Waals surface area contributed by atoms with Crippen molar-refractivity contribution >= 4 is 5.91 Å². The van der Waals surface area contributed by atoms with Crippen molar-refractivity contribution < 1.29 is 39.8 Å². The molecule has 9 nitrogen and oxygen atoms in total. The average molecular weight is 972 g/mol. The van der Waals surface area contributed by atoms with Gasteiger partial charge in [0, 0.05) is 6.42 Å². The van der Waals surface area contributed by atoms with Crippen molar-refractivity contribution in [1.29, 1.82) is 0 Å². The van der Waals surface area contributed by atoms with Gasteiger partial charge >= 0.3 is 0 Å². The van der Waals surface area contributed by atoms with E-state index in [-0.39, 0.29) is 12.5 Å². The lowest BCUT2D eigenvalue weighted by molar-refractivity contribution is -0.302. The Hall–Kier alpha value is -3.93. The summed E-state index contributed by atoms with van der Waals surface area (Å²) in [6, 6.07) is -0.846. The molecule has 0 spiro atoms. The average Bonchev–Trinajstić information content (AvgIpc) is 3.36. The predicted molar refractivity (Wildman–Crippen MR) is 294 cm³/mol. The largest absolute Gasteiger partial charge is 0.394 e. The van der Waals surface area contributed by atoms with Crippen LogP contribution in [-0.4, -0.2) is 87.5 Å². The Morgan fingerprint density at radius 1 is 0.500 bits per heavy atom. The highest BCUT2D eigenvalue weighted by Crippen LogP contribution is 2.22. The summed E-state index contributed by atoms with van der Waals surface area (Å²) in [6.07, 6.45) is 69.1. The Kier molecular flexibility index (Phi) is 44.6. The highest BCUT2D eigenvalue weighted by molar-refractivity contribution is 5.76. The number of rotatable bonds is 43. The highest BCUT2D eigenvalue weighted by atomic mass is 16.7. The van der Waals surface area contributed by atoms with Gasteiger partial charge in [0.15, 0.2) is 6.29 Å². The molecule has 7 unspecified atom stereocenters. The number of nitrogens with one attached hydrogen (secondary N) is 1. The van der Waals surface area contributed by atoms with Gasteiger partial charge in [-0.05, 0) is 109 Å². The quantitative estimate of drug-likeness (QED) is 0.0261. The first kappa shape index (κ1) is 64.1. The Balaban J connectivity index is 2.25. The second-order valence-corrected chi connectivity index (χ2v) is 17.9. The number of carbonyl (C=O) groups excluding carboxylic acids is 1. The van der Waals surface area contributed by atoms with Crippen LogP contribution in [0.1, 0.15) is 174 Å². The molecular formula is C61H97NO8. The van der Waals surface area contributed by atoms with Gasteiger partial charge in [-0.15, -0.1) is 0 Å². The standard InChI is InChI=1S/C61H97NO8/c1-3-5-7-9-11-13-15-17-18-19-20-21-22-23-24-25-26-27-28-29-30-31-32-33-34-35-36-37-38-39-41-43-45-47-49-51-57(65)62-54(53-69-61-60(68)59(67)58(66)56(52-63)70-61)55(64)50-48-46-44-42-40-16-14-12-10-8-6-4-2/h5,7,11,13,17-18,20-21,23-24,26-27,29-30,32-33,35-36,38-40,42,48,50,54-56,58-61,63-64,66-68H,3-4,6,8-10,12,14-16,19,22,25,28,31,34,37,41,43-47,49,51-53H2,1-2H3,(H,62,65)/b7-5-,13-11-,18-17-,21-20-,24-23-,27-26-,30-29-,33-32-,36-35-,39-38-,42-40+,50-48+. The maximum Gasteiger partial charge on any atom is 0.220 e. The molecule has 1 heterocycles. The van der Waals surface area contributed by atoms with E-state index in [1.165, 1.54) is 38.5 Å². The molecule has 0 aromatic carbocycles. The van der Waals surface area contributed by atoms with Crippen LogP contribution in [0.3, 0.4) is 0 Å². The number of ether oxygens (including phenoxy) is 2. The summed E-state index contributed by atoms with van der Waals surface area (Å²) >= 11 is 0. The van der Waals surface area contributed by atoms with Crippen LogP contribution in [0.4, 0.5) is 0 Å². The molecule has 1 amide bonds. The third-order valence-corrected chi connectivity index (χ3v) is 11.6.